The van der Waals surface area contributed by atoms with Crippen LogP contribution in [0.5, 0.6) is 0 Å². The fraction of sp³-hybridized carbons (Fsp3) is 0.316. The molecule has 1 aliphatic carbocycles. The zero-order chi connectivity index (χ0) is 16.7. The van der Waals surface area contributed by atoms with Crippen LogP contribution >= 0.6 is 11.3 Å². The van der Waals surface area contributed by atoms with Crippen molar-refractivity contribution in [2.45, 2.75) is 33.1 Å². The van der Waals surface area contributed by atoms with Gasteiger partial charge in [0.2, 0.25) is 0 Å². The number of thiophene rings is 1. The normalized spacial score (nSPS) is 16.8. The summed E-state index contributed by atoms with van der Waals surface area (Å²) in [5.74, 6) is 1.64. The fourth-order valence-electron chi connectivity index (χ4n) is 3.32. The van der Waals surface area contributed by atoms with E-state index in [1.165, 1.54) is 16.9 Å². The Labute approximate surface area is 145 Å². The minimum Gasteiger partial charge on any atom is -0.340 e. The molecule has 4 rings (SSSR count). The number of anilines is 2. The van der Waals surface area contributed by atoms with Crippen molar-refractivity contribution < 1.29 is 4.79 Å². The van der Waals surface area contributed by atoms with Crippen molar-refractivity contribution >= 4 is 38.8 Å². The molecule has 0 saturated heterocycles. The third-order valence-electron chi connectivity index (χ3n) is 4.62. The standard InChI is InChI=1S/C19H19N3OS/c1-11-6-7-15-16(8-11)24-19-17(15)18(20-10-21-19)22-14-5-3-4-13(9-14)12(2)23/h3-5,9-11H,6-8H2,1-2H3,(H,20,21,22)/t11-/m1/s1. The fourth-order valence-corrected chi connectivity index (χ4v) is 4.67. The van der Waals surface area contributed by atoms with E-state index >= 15 is 0 Å². The van der Waals surface area contributed by atoms with E-state index in [4.69, 9.17) is 0 Å². The molecular weight excluding hydrogens is 318 g/mol. The number of aryl methyl sites for hydroxylation is 1. The van der Waals surface area contributed by atoms with Gasteiger partial charge >= 0.3 is 0 Å². The van der Waals surface area contributed by atoms with E-state index in [0.717, 1.165) is 40.5 Å². The lowest BCUT2D eigenvalue weighted by Crippen LogP contribution is -2.09. The van der Waals surface area contributed by atoms with Gasteiger partial charge in [0.05, 0.1) is 5.39 Å². The summed E-state index contributed by atoms with van der Waals surface area (Å²) in [6, 6.07) is 7.55. The SMILES string of the molecule is CC(=O)c1cccc(Nc2ncnc3sc4c(c23)CC[C@@H](C)C4)c1. The van der Waals surface area contributed by atoms with Gasteiger partial charge in [-0.15, -0.1) is 11.3 Å². The molecule has 2 aromatic heterocycles. The Balaban J connectivity index is 1.77. The van der Waals surface area contributed by atoms with Gasteiger partial charge in [-0.05, 0) is 49.8 Å². The van der Waals surface area contributed by atoms with Gasteiger partial charge < -0.3 is 5.32 Å². The summed E-state index contributed by atoms with van der Waals surface area (Å²) in [4.78, 5) is 23.0. The molecule has 0 saturated carbocycles. The van der Waals surface area contributed by atoms with Gasteiger partial charge in [-0.1, -0.05) is 19.1 Å². The van der Waals surface area contributed by atoms with Crippen LogP contribution in [0.2, 0.25) is 0 Å². The van der Waals surface area contributed by atoms with Crippen LogP contribution in [0.4, 0.5) is 11.5 Å². The molecule has 1 aliphatic rings. The molecule has 3 aromatic rings. The third kappa shape index (κ3) is 2.69. The van der Waals surface area contributed by atoms with Crippen LogP contribution in [0.25, 0.3) is 10.2 Å². The van der Waals surface area contributed by atoms with Crippen LogP contribution in [0.1, 0.15) is 41.1 Å². The van der Waals surface area contributed by atoms with Gasteiger partial charge in [-0.3, -0.25) is 4.79 Å². The number of hydrogen-bond acceptors (Lipinski definition) is 5. The molecule has 2 heterocycles. The van der Waals surface area contributed by atoms with Crippen molar-refractivity contribution in [1.82, 2.24) is 9.97 Å². The van der Waals surface area contributed by atoms with Gasteiger partial charge in [0.25, 0.3) is 0 Å². The second-order valence-electron chi connectivity index (χ2n) is 6.52. The minimum absolute atomic E-state index is 0.0633. The highest BCUT2D eigenvalue weighted by Crippen LogP contribution is 2.40. The van der Waals surface area contributed by atoms with E-state index in [9.17, 15) is 4.79 Å². The number of nitrogens with one attached hydrogen (secondary N) is 1. The first kappa shape index (κ1) is 15.3. The van der Waals surface area contributed by atoms with Gasteiger partial charge in [-0.25, -0.2) is 9.97 Å². The molecule has 0 bridgehead atoms. The molecule has 1 N–H and O–H groups in total. The summed E-state index contributed by atoms with van der Waals surface area (Å²) in [6.07, 6.45) is 5.06. The van der Waals surface area contributed by atoms with Crippen LogP contribution in [-0.2, 0) is 12.8 Å². The van der Waals surface area contributed by atoms with Crippen molar-refractivity contribution in [2.24, 2.45) is 5.92 Å². The van der Waals surface area contributed by atoms with Gasteiger partial charge in [-0.2, -0.15) is 0 Å². The molecule has 0 fully saturated rings. The maximum atomic E-state index is 11.6. The molecule has 0 amide bonds. The highest BCUT2D eigenvalue weighted by Gasteiger charge is 2.23. The van der Waals surface area contributed by atoms with Crippen LogP contribution in [0.3, 0.4) is 0 Å². The van der Waals surface area contributed by atoms with Crippen molar-refractivity contribution in [2.75, 3.05) is 5.32 Å². The zero-order valence-electron chi connectivity index (χ0n) is 13.8. The van der Waals surface area contributed by atoms with E-state index in [1.807, 2.05) is 24.3 Å². The first-order valence-electron chi connectivity index (χ1n) is 8.25. The first-order valence-corrected chi connectivity index (χ1v) is 9.06. The predicted molar refractivity (Wildman–Crippen MR) is 98.3 cm³/mol. The number of benzene rings is 1. The van der Waals surface area contributed by atoms with E-state index in [2.05, 4.69) is 22.2 Å². The molecule has 0 spiro atoms. The number of aromatic nitrogens is 2. The highest BCUT2D eigenvalue weighted by molar-refractivity contribution is 7.19. The Bertz CT molecular complexity index is 932. The predicted octanol–water partition coefficient (Wildman–Crippen LogP) is 4.76. The molecule has 5 heteroatoms. The zero-order valence-corrected chi connectivity index (χ0v) is 14.6. The number of fused-ring (bicyclic) bond motifs is 3. The second kappa shape index (κ2) is 5.98. The summed E-state index contributed by atoms with van der Waals surface area (Å²) in [7, 11) is 0. The smallest absolute Gasteiger partial charge is 0.159 e. The average molecular weight is 337 g/mol. The molecule has 0 unspecified atom stereocenters. The number of hydrogen-bond donors (Lipinski definition) is 1. The van der Waals surface area contributed by atoms with Crippen LogP contribution in [0.15, 0.2) is 30.6 Å². The number of carbonyl (C=O) groups is 1. The summed E-state index contributed by atoms with van der Waals surface area (Å²) in [6.45, 7) is 3.89. The summed E-state index contributed by atoms with van der Waals surface area (Å²) in [5.41, 5.74) is 2.98. The lowest BCUT2D eigenvalue weighted by atomic mass is 9.89. The van der Waals surface area contributed by atoms with E-state index in [-0.39, 0.29) is 5.78 Å². The topological polar surface area (TPSA) is 54.9 Å². The first-order chi connectivity index (χ1) is 11.6. The Morgan fingerprint density at radius 2 is 2.21 bits per heavy atom. The maximum Gasteiger partial charge on any atom is 0.159 e. The van der Waals surface area contributed by atoms with Gasteiger partial charge in [0.15, 0.2) is 5.78 Å². The molecule has 0 radical (unpaired) electrons. The Morgan fingerprint density at radius 1 is 1.33 bits per heavy atom. The van der Waals surface area contributed by atoms with Crippen LogP contribution in [-0.4, -0.2) is 15.8 Å². The molecule has 0 aliphatic heterocycles. The van der Waals surface area contributed by atoms with E-state index in [1.54, 1.807) is 24.6 Å². The Morgan fingerprint density at radius 3 is 3.04 bits per heavy atom. The van der Waals surface area contributed by atoms with E-state index < -0.39 is 0 Å². The molecule has 1 aromatic carbocycles. The van der Waals surface area contributed by atoms with Crippen molar-refractivity contribution in [3.8, 4) is 0 Å². The van der Waals surface area contributed by atoms with Gasteiger partial charge in [0, 0.05) is 16.1 Å². The van der Waals surface area contributed by atoms with Crippen molar-refractivity contribution in [1.29, 1.82) is 0 Å². The number of Topliss-reactive ketones (excluding diaryl/α,β-unsaturated/α-hetero) is 1. The molecule has 24 heavy (non-hydrogen) atoms. The minimum atomic E-state index is 0.0633. The monoisotopic (exact) mass is 337 g/mol. The summed E-state index contributed by atoms with van der Waals surface area (Å²) in [5, 5.41) is 4.54. The van der Waals surface area contributed by atoms with Crippen molar-refractivity contribution in [3.05, 3.63) is 46.6 Å². The molecular formula is C19H19N3OS. The number of rotatable bonds is 3. The van der Waals surface area contributed by atoms with Crippen LogP contribution in [0, 0.1) is 5.92 Å². The Kier molecular flexibility index (Phi) is 3.81. The number of ketones is 1. The van der Waals surface area contributed by atoms with E-state index in [0.29, 0.717) is 5.56 Å². The maximum absolute atomic E-state index is 11.6. The quantitative estimate of drug-likeness (QED) is 0.700. The number of carbonyl (C=O) groups excluding carboxylic acids is 1. The Hall–Kier alpha value is -2.27. The largest absolute Gasteiger partial charge is 0.340 e. The molecule has 122 valence electrons. The van der Waals surface area contributed by atoms with Crippen molar-refractivity contribution in [3.63, 3.8) is 0 Å². The van der Waals surface area contributed by atoms with Crippen LogP contribution < -0.4 is 5.32 Å². The summed E-state index contributed by atoms with van der Waals surface area (Å²) >= 11 is 1.79. The molecule has 4 nitrogen and oxygen atoms in total. The third-order valence-corrected chi connectivity index (χ3v) is 5.79. The second-order valence-corrected chi connectivity index (χ2v) is 7.60. The molecule has 1 atom stereocenters. The van der Waals surface area contributed by atoms with Gasteiger partial charge in [0.1, 0.15) is 17.0 Å². The lowest BCUT2D eigenvalue weighted by Gasteiger charge is -2.18. The number of nitrogens with zero attached hydrogens (tertiary/aromatic N) is 2. The lowest BCUT2D eigenvalue weighted by molar-refractivity contribution is 0.101. The summed E-state index contributed by atoms with van der Waals surface area (Å²) < 4.78 is 0. The average Bonchev–Trinajstić information content (AvgIpc) is 2.93. The highest BCUT2D eigenvalue weighted by atomic mass is 32.1.